The van der Waals surface area contributed by atoms with E-state index in [0.717, 1.165) is 47.6 Å². The van der Waals surface area contributed by atoms with Crippen molar-refractivity contribution in [2.24, 2.45) is 0 Å². The van der Waals surface area contributed by atoms with Gasteiger partial charge in [-0.05, 0) is 60.2 Å². The molecule has 188 valence electrons. The first kappa shape index (κ1) is 25.8. The van der Waals surface area contributed by atoms with Crippen LogP contribution in [0.1, 0.15) is 49.6 Å². The molecule has 4 rings (SSSR count). The van der Waals surface area contributed by atoms with E-state index in [1.54, 1.807) is 12.1 Å². The van der Waals surface area contributed by atoms with E-state index in [9.17, 15) is 4.79 Å². The van der Waals surface area contributed by atoms with Gasteiger partial charge in [-0.2, -0.15) is 0 Å². The summed E-state index contributed by atoms with van der Waals surface area (Å²) in [4.78, 5) is 17.2. The molecular formula is C30H34ClN3O2. The lowest BCUT2D eigenvalue weighted by atomic mass is 10.0. The van der Waals surface area contributed by atoms with E-state index in [-0.39, 0.29) is 5.91 Å². The predicted octanol–water partition coefficient (Wildman–Crippen LogP) is 6.57. The summed E-state index contributed by atoms with van der Waals surface area (Å²) >= 11 is 5.93. The zero-order valence-electron chi connectivity index (χ0n) is 21.0. The Labute approximate surface area is 218 Å². The van der Waals surface area contributed by atoms with Crippen LogP contribution < -0.4 is 10.1 Å². The first-order valence-electron chi connectivity index (χ1n) is 12.7. The molecule has 1 heterocycles. The minimum Gasteiger partial charge on any atom is -0.493 e. The summed E-state index contributed by atoms with van der Waals surface area (Å²) < 4.78 is 8.38. The van der Waals surface area contributed by atoms with Gasteiger partial charge >= 0.3 is 0 Å². The molecule has 0 saturated carbocycles. The average molecular weight is 504 g/mol. The van der Waals surface area contributed by atoms with Crippen LogP contribution in [0.5, 0.6) is 5.75 Å². The molecule has 0 aliphatic carbocycles. The van der Waals surface area contributed by atoms with Gasteiger partial charge in [-0.25, -0.2) is 4.98 Å². The fourth-order valence-corrected chi connectivity index (χ4v) is 4.50. The number of unbranched alkanes of at least 4 members (excludes halogenated alkanes) is 1. The number of halogens is 1. The molecule has 0 aliphatic rings. The second-order valence-corrected chi connectivity index (χ2v) is 9.76. The van der Waals surface area contributed by atoms with Crippen LogP contribution in [0.3, 0.4) is 0 Å². The summed E-state index contributed by atoms with van der Waals surface area (Å²) in [5.74, 6) is 2.41. The van der Waals surface area contributed by atoms with Gasteiger partial charge in [0.15, 0.2) is 0 Å². The van der Waals surface area contributed by atoms with Gasteiger partial charge in [0, 0.05) is 24.5 Å². The summed E-state index contributed by atoms with van der Waals surface area (Å²) in [6.07, 6.45) is 2.96. The normalized spacial score (nSPS) is 11.2. The minimum absolute atomic E-state index is 0.00110. The molecule has 0 unspecified atom stereocenters. The molecule has 0 radical (unpaired) electrons. The maximum absolute atomic E-state index is 12.4. The van der Waals surface area contributed by atoms with Crippen molar-refractivity contribution in [2.75, 3.05) is 13.2 Å². The Morgan fingerprint density at radius 3 is 2.56 bits per heavy atom. The molecule has 1 aromatic heterocycles. The van der Waals surface area contributed by atoms with Crippen molar-refractivity contribution in [3.8, 4) is 5.75 Å². The number of carbonyl (C=O) groups is 1. The summed E-state index contributed by atoms with van der Waals surface area (Å²) in [6.45, 7) is 6.48. The molecule has 0 bridgehead atoms. The molecule has 36 heavy (non-hydrogen) atoms. The van der Waals surface area contributed by atoms with Crippen LogP contribution in [0.4, 0.5) is 0 Å². The van der Waals surface area contributed by atoms with E-state index in [4.69, 9.17) is 21.3 Å². The highest BCUT2D eigenvalue weighted by molar-refractivity contribution is 6.30. The van der Waals surface area contributed by atoms with Gasteiger partial charge in [0.05, 0.1) is 24.1 Å². The van der Waals surface area contributed by atoms with E-state index in [1.165, 1.54) is 5.56 Å². The van der Waals surface area contributed by atoms with Crippen molar-refractivity contribution in [1.29, 1.82) is 0 Å². The monoisotopic (exact) mass is 503 g/mol. The summed E-state index contributed by atoms with van der Waals surface area (Å²) in [5, 5.41) is 3.70. The summed E-state index contributed by atoms with van der Waals surface area (Å²) in [5.41, 5.74) is 4.31. The van der Waals surface area contributed by atoms with Gasteiger partial charge in [0.25, 0.3) is 0 Å². The van der Waals surface area contributed by atoms with E-state index in [2.05, 4.69) is 48.0 Å². The second-order valence-electron chi connectivity index (χ2n) is 9.32. The van der Waals surface area contributed by atoms with Crippen molar-refractivity contribution in [3.63, 3.8) is 0 Å². The van der Waals surface area contributed by atoms with Gasteiger partial charge in [-0.3, -0.25) is 4.79 Å². The first-order chi connectivity index (χ1) is 17.5. The molecule has 0 fully saturated rings. The van der Waals surface area contributed by atoms with E-state index in [0.29, 0.717) is 36.9 Å². The number of hydrogen-bond donors (Lipinski definition) is 1. The summed E-state index contributed by atoms with van der Waals surface area (Å²) in [7, 11) is 0. The Bertz CT molecular complexity index is 1280. The largest absolute Gasteiger partial charge is 0.493 e. The molecule has 4 aromatic rings. The number of para-hydroxylation sites is 3. The minimum atomic E-state index is -0.00110. The van der Waals surface area contributed by atoms with Crippen molar-refractivity contribution in [1.82, 2.24) is 14.9 Å². The number of ether oxygens (including phenoxy) is 1. The van der Waals surface area contributed by atoms with Crippen LogP contribution >= 0.6 is 11.6 Å². The summed E-state index contributed by atoms with van der Waals surface area (Å²) in [6, 6.07) is 23.9. The third-order valence-electron chi connectivity index (χ3n) is 6.26. The number of hydrogen-bond acceptors (Lipinski definition) is 3. The molecule has 1 amide bonds. The van der Waals surface area contributed by atoms with E-state index >= 15 is 0 Å². The average Bonchev–Trinajstić information content (AvgIpc) is 3.22. The Hall–Kier alpha value is -3.31. The lowest BCUT2D eigenvalue weighted by Gasteiger charge is -2.14. The number of aromatic nitrogens is 2. The highest BCUT2D eigenvalue weighted by Gasteiger charge is 2.12. The van der Waals surface area contributed by atoms with Gasteiger partial charge < -0.3 is 14.6 Å². The first-order valence-corrected chi connectivity index (χ1v) is 13.1. The number of fused-ring (bicyclic) bond motifs is 1. The Kier molecular flexibility index (Phi) is 9.01. The highest BCUT2D eigenvalue weighted by atomic mass is 35.5. The van der Waals surface area contributed by atoms with E-state index in [1.807, 2.05) is 36.4 Å². The number of rotatable bonds is 12. The van der Waals surface area contributed by atoms with Gasteiger partial charge in [0.2, 0.25) is 5.91 Å². The lowest BCUT2D eigenvalue weighted by Crippen LogP contribution is -2.28. The Morgan fingerprint density at radius 1 is 1.00 bits per heavy atom. The Balaban J connectivity index is 1.30. The SMILES string of the molecule is CC(C)c1ccccc1OCCCCn1c(CCNC(=O)Cc2ccc(Cl)cc2)nc2ccccc21. The lowest BCUT2D eigenvalue weighted by molar-refractivity contribution is -0.120. The highest BCUT2D eigenvalue weighted by Crippen LogP contribution is 2.26. The molecular weight excluding hydrogens is 470 g/mol. The van der Waals surface area contributed by atoms with Gasteiger partial charge in [-0.15, -0.1) is 0 Å². The Morgan fingerprint density at radius 2 is 1.75 bits per heavy atom. The zero-order valence-corrected chi connectivity index (χ0v) is 21.8. The van der Waals surface area contributed by atoms with Gasteiger partial charge in [-0.1, -0.05) is 67.9 Å². The van der Waals surface area contributed by atoms with Crippen LogP contribution in [0.25, 0.3) is 11.0 Å². The topological polar surface area (TPSA) is 56.1 Å². The maximum atomic E-state index is 12.4. The molecule has 3 aromatic carbocycles. The molecule has 0 spiro atoms. The predicted molar refractivity (Wildman–Crippen MR) is 147 cm³/mol. The fraction of sp³-hybridized carbons (Fsp3) is 0.333. The van der Waals surface area contributed by atoms with Crippen molar-refractivity contribution in [2.45, 2.75) is 52.0 Å². The maximum Gasteiger partial charge on any atom is 0.224 e. The molecule has 0 saturated heterocycles. The van der Waals surface area contributed by atoms with Crippen LogP contribution in [0.15, 0.2) is 72.8 Å². The number of carbonyl (C=O) groups excluding carboxylic acids is 1. The number of aryl methyl sites for hydroxylation is 1. The zero-order chi connectivity index (χ0) is 25.3. The van der Waals surface area contributed by atoms with E-state index < -0.39 is 0 Å². The molecule has 6 heteroatoms. The second kappa shape index (κ2) is 12.6. The van der Waals surface area contributed by atoms with Crippen molar-refractivity contribution >= 4 is 28.5 Å². The molecule has 5 nitrogen and oxygen atoms in total. The quantitative estimate of drug-likeness (QED) is 0.222. The third kappa shape index (κ3) is 6.88. The molecule has 0 atom stereocenters. The van der Waals surface area contributed by atoms with Crippen LogP contribution in [0.2, 0.25) is 5.02 Å². The smallest absolute Gasteiger partial charge is 0.224 e. The van der Waals surface area contributed by atoms with Crippen LogP contribution in [-0.4, -0.2) is 28.6 Å². The van der Waals surface area contributed by atoms with Crippen molar-refractivity contribution < 1.29 is 9.53 Å². The number of benzene rings is 3. The number of nitrogens with one attached hydrogen (secondary N) is 1. The van der Waals surface area contributed by atoms with Crippen LogP contribution in [-0.2, 0) is 24.2 Å². The molecule has 0 aliphatic heterocycles. The van der Waals surface area contributed by atoms with Gasteiger partial charge in [0.1, 0.15) is 11.6 Å². The number of amides is 1. The number of imidazole rings is 1. The molecule has 1 N–H and O–H groups in total. The standard InChI is InChI=1S/C30H34ClN3O2/c1-22(2)25-9-3-6-12-28(25)36-20-8-7-19-34-27-11-5-4-10-26(27)33-29(34)17-18-32-30(35)21-23-13-15-24(31)16-14-23/h3-6,9-16,22H,7-8,17-21H2,1-2H3,(H,32,35). The van der Waals surface area contributed by atoms with Crippen molar-refractivity contribution in [3.05, 3.63) is 94.8 Å². The number of nitrogens with zero attached hydrogens (tertiary/aromatic N) is 2. The van der Waals surface area contributed by atoms with Crippen LogP contribution in [0, 0.1) is 0 Å². The fourth-order valence-electron chi connectivity index (χ4n) is 4.37. The third-order valence-corrected chi connectivity index (χ3v) is 6.51.